The largest absolute Gasteiger partial charge is 0.490 e. The Bertz CT molecular complexity index is 1270. The van der Waals surface area contributed by atoms with Gasteiger partial charge in [-0.2, -0.15) is 13.6 Å². The van der Waals surface area contributed by atoms with Crippen LogP contribution in [0.25, 0.3) is 11.2 Å². The Hall–Kier alpha value is -2.03. The smallest absolute Gasteiger partial charge is 0.388 e. The van der Waals surface area contributed by atoms with Crippen molar-refractivity contribution in [2.45, 2.75) is 18.4 Å². The van der Waals surface area contributed by atoms with Crippen LogP contribution in [0.5, 0.6) is 0 Å². The molecular weight excluding hydrogens is 534 g/mol. The van der Waals surface area contributed by atoms with Gasteiger partial charge in [0.2, 0.25) is 5.95 Å². The number of rotatable bonds is 12. The number of fused-ring (bicyclic) bond motifs is 1. The second kappa shape index (κ2) is 10.7. The summed E-state index contributed by atoms with van der Waals surface area (Å²) in [7, 11) is -17.0. The van der Waals surface area contributed by atoms with Gasteiger partial charge in [0.1, 0.15) is 25.2 Å². The molecule has 2 heterocycles. The van der Waals surface area contributed by atoms with Crippen LogP contribution in [-0.4, -0.2) is 69.7 Å². The number of halogens is 1. The van der Waals surface area contributed by atoms with E-state index in [1.807, 2.05) is 0 Å². The minimum Gasteiger partial charge on any atom is -0.388 e. The first kappa shape index (κ1) is 28.2. The van der Waals surface area contributed by atoms with Crippen molar-refractivity contribution < 1.29 is 60.6 Å². The highest BCUT2D eigenvalue weighted by molar-refractivity contribution is 7.66. The fraction of sp³-hybridized carbons (Fsp3) is 0.417. The van der Waals surface area contributed by atoms with Gasteiger partial charge in [-0.1, -0.05) is 5.92 Å². The van der Waals surface area contributed by atoms with Gasteiger partial charge in [-0.15, -0.1) is 6.42 Å². The number of aromatic nitrogens is 4. The number of imidazole rings is 1. The van der Waals surface area contributed by atoms with Crippen LogP contribution < -0.4 is 11.3 Å². The zero-order valence-electron chi connectivity index (χ0n) is 16.4. The van der Waals surface area contributed by atoms with E-state index in [0.717, 1.165) is 10.9 Å². The van der Waals surface area contributed by atoms with Crippen LogP contribution in [0, 0.1) is 12.3 Å². The maximum atomic E-state index is 13.1. The molecule has 0 aliphatic rings. The average Bonchev–Trinajstić information content (AvgIpc) is 3.08. The van der Waals surface area contributed by atoms with Crippen LogP contribution in [0.2, 0.25) is 0 Å². The number of aromatic amines is 1. The van der Waals surface area contributed by atoms with Crippen molar-refractivity contribution in [1.29, 1.82) is 0 Å². The predicted molar refractivity (Wildman–Crippen MR) is 107 cm³/mol. The molecule has 0 aromatic carbocycles. The second-order valence-electron chi connectivity index (χ2n) is 6.08. The van der Waals surface area contributed by atoms with Gasteiger partial charge in [-0.05, 0) is 0 Å². The highest BCUT2D eigenvalue weighted by atomic mass is 31.3. The van der Waals surface area contributed by atoms with Crippen LogP contribution in [0.3, 0.4) is 0 Å². The first-order chi connectivity index (χ1) is 15.6. The topological polar surface area (TPSA) is 279 Å². The molecule has 8 N–H and O–H groups in total. The number of phosphoric ester groups is 1. The number of H-pyrrole nitrogens is 1. The Kier molecular flexibility index (Phi) is 8.88. The minimum absolute atomic E-state index is 0.175. The molecule has 0 amide bonds. The summed E-state index contributed by atoms with van der Waals surface area (Å²) in [5, 5.41) is 9.84. The lowest BCUT2D eigenvalue weighted by Gasteiger charge is -2.26. The van der Waals surface area contributed by atoms with Gasteiger partial charge in [0.05, 0.1) is 6.61 Å². The number of nitrogens with zero attached hydrogens (tertiary/aromatic N) is 3. The third kappa shape index (κ3) is 7.75. The molecule has 2 aromatic heterocycles. The number of anilines is 1. The van der Waals surface area contributed by atoms with Crippen molar-refractivity contribution in [2.75, 3.05) is 19.0 Å². The van der Waals surface area contributed by atoms with Crippen LogP contribution in [0.1, 0.15) is 6.23 Å². The molecule has 34 heavy (non-hydrogen) atoms. The average molecular weight is 551 g/mol. The number of aliphatic hydroxyl groups excluding tert-OH is 1. The highest BCUT2D eigenvalue weighted by Gasteiger charge is 2.41. The third-order valence-corrected chi connectivity index (χ3v) is 7.36. The molecule has 5 atom stereocenters. The van der Waals surface area contributed by atoms with E-state index in [0.29, 0.717) is 0 Å². The third-order valence-electron chi connectivity index (χ3n) is 3.55. The van der Waals surface area contributed by atoms with E-state index in [4.69, 9.17) is 31.6 Å². The number of nitrogens with one attached hydrogen (secondary N) is 1. The molecular formula is C12H17FN5O13P3. The number of phosphoric acid groups is 3. The van der Waals surface area contributed by atoms with E-state index in [1.165, 1.54) is 0 Å². The Morgan fingerprint density at radius 3 is 2.44 bits per heavy atom. The van der Waals surface area contributed by atoms with Crippen molar-refractivity contribution in [3.8, 4) is 12.3 Å². The van der Waals surface area contributed by atoms with Gasteiger partial charge in [0, 0.05) is 0 Å². The summed E-state index contributed by atoms with van der Waals surface area (Å²) in [6, 6.07) is 0. The molecule has 0 bridgehead atoms. The van der Waals surface area contributed by atoms with Crippen LogP contribution in [-0.2, 0) is 31.6 Å². The molecule has 0 saturated carbocycles. The summed E-state index contributed by atoms with van der Waals surface area (Å²) in [5.41, 5.74) is 4.34. The summed E-state index contributed by atoms with van der Waals surface area (Å²) in [5.74, 6) is 1.75. The number of nitrogens with two attached hydrogens (primary N) is 1. The van der Waals surface area contributed by atoms with E-state index < -0.39 is 60.7 Å². The molecule has 22 heteroatoms. The monoisotopic (exact) mass is 551 g/mol. The zero-order valence-corrected chi connectivity index (χ0v) is 19.1. The van der Waals surface area contributed by atoms with Gasteiger partial charge in [0.25, 0.3) is 5.56 Å². The first-order valence-electron chi connectivity index (χ1n) is 8.44. The quantitative estimate of drug-likeness (QED) is 0.122. The molecule has 0 aliphatic heterocycles. The zero-order chi connectivity index (χ0) is 25.9. The van der Waals surface area contributed by atoms with Gasteiger partial charge in [0.15, 0.2) is 17.4 Å². The second-order valence-corrected chi connectivity index (χ2v) is 10.5. The SMILES string of the molecule is C#CC(OC(COP(=O)(O)OP(=O)(O)OP(=O)(O)O)[C@@H](O)CF)n1cnc2c(=O)[nH]c(N)nc21. The lowest BCUT2D eigenvalue weighted by atomic mass is 10.2. The molecule has 0 spiro atoms. The minimum atomic E-state index is -5.81. The Morgan fingerprint density at radius 1 is 1.24 bits per heavy atom. The van der Waals surface area contributed by atoms with Crippen molar-refractivity contribution in [1.82, 2.24) is 19.5 Å². The summed E-state index contributed by atoms with van der Waals surface area (Å²) >= 11 is 0. The van der Waals surface area contributed by atoms with Crippen molar-refractivity contribution in [3.63, 3.8) is 0 Å². The standard InChI is InChI=1S/C12H17FN5O13P3/c1-2-8(18-5-15-9-10(18)16-12(14)17-11(9)20)29-7(6(19)3-13)4-28-33(24,25)31-34(26,27)30-32(21,22)23/h1,5-8,19H,3-4H2,(H,24,25)(H,26,27)(H2,21,22,23)(H3,14,16,17,20)/t6-,7?,8?/m0/s1. The number of hydrogen-bond donors (Lipinski definition) is 7. The lowest BCUT2D eigenvalue weighted by molar-refractivity contribution is -0.105. The van der Waals surface area contributed by atoms with E-state index >= 15 is 0 Å². The van der Waals surface area contributed by atoms with Gasteiger partial charge < -0.3 is 35.2 Å². The number of aliphatic hydroxyl groups is 1. The molecule has 4 unspecified atom stereocenters. The number of alkyl halides is 1. The number of hydrogen-bond acceptors (Lipinski definition) is 12. The molecule has 0 radical (unpaired) electrons. The fourth-order valence-electron chi connectivity index (χ4n) is 2.28. The maximum absolute atomic E-state index is 13.1. The summed E-state index contributed by atoms with van der Waals surface area (Å²) in [6.07, 6.45) is 0.898. The molecule has 0 aliphatic carbocycles. The lowest BCUT2D eigenvalue weighted by Crippen LogP contribution is -2.36. The predicted octanol–water partition coefficient (Wildman–Crippen LogP) is -1.11. The summed E-state index contributed by atoms with van der Waals surface area (Å²) in [6.45, 7) is -2.70. The van der Waals surface area contributed by atoms with Crippen molar-refractivity contribution >= 4 is 40.6 Å². The molecule has 2 aromatic rings. The van der Waals surface area contributed by atoms with E-state index in [-0.39, 0.29) is 17.1 Å². The van der Waals surface area contributed by atoms with E-state index in [2.05, 4.69) is 34.0 Å². The fourth-order valence-corrected chi connectivity index (χ4v) is 5.31. The van der Waals surface area contributed by atoms with Gasteiger partial charge in [-0.3, -0.25) is 18.9 Å². The van der Waals surface area contributed by atoms with Crippen LogP contribution in [0.15, 0.2) is 11.1 Å². The number of ether oxygens (including phenoxy) is 1. The normalized spacial score (nSPS) is 18.5. The number of nitrogen functional groups attached to an aromatic ring is 1. The first-order valence-corrected chi connectivity index (χ1v) is 13.0. The summed E-state index contributed by atoms with van der Waals surface area (Å²) in [4.78, 5) is 57.4. The Labute approximate surface area is 187 Å². The van der Waals surface area contributed by atoms with Crippen molar-refractivity contribution in [2.24, 2.45) is 0 Å². The van der Waals surface area contributed by atoms with E-state index in [1.54, 1.807) is 0 Å². The van der Waals surface area contributed by atoms with Gasteiger partial charge in [-0.25, -0.2) is 23.1 Å². The molecule has 190 valence electrons. The van der Waals surface area contributed by atoms with Crippen LogP contribution in [0.4, 0.5) is 10.3 Å². The van der Waals surface area contributed by atoms with Crippen molar-refractivity contribution in [3.05, 3.63) is 16.7 Å². The molecule has 0 saturated heterocycles. The molecule has 2 rings (SSSR count). The van der Waals surface area contributed by atoms with E-state index in [9.17, 15) is 32.9 Å². The molecule has 0 fully saturated rings. The van der Waals surface area contributed by atoms with Gasteiger partial charge >= 0.3 is 23.5 Å². The maximum Gasteiger partial charge on any atom is 0.490 e. The number of terminal acetylenes is 1. The summed E-state index contributed by atoms with van der Waals surface area (Å²) < 4.78 is 64.6. The van der Waals surface area contributed by atoms with Crippen LogP contribution >= 0.6 is 23.5 Å². The Balaban J connectivity index is 2.22. The highest BCUT2D eigenvalue weighted by Crippen LogP contribution is 2.66. The molecule has 18 nitrogen and oxygen atoms in total. The Morgan fingerprint density at radius 2 is 1.88 bits per heavy atom.